The molecule has 0 aromatic heterocycles. The number of nitrogen functional groups attached to an aromatic ring is 1. The summed E-state index contributed by atoms with van der Waals surface area (Å²) in [7, 11) is 0. The Morgan fingerprint density at radius 1 is 1.25 bits per heavy atom. The molecule has 2 aromatic rings. The van der Waals surface area contributed by atoms with Crippen molar-refractivity contribution in [3.8, 4) is 0 Å². The number of nitrogens with two attached hydrogens (primary N) is 1. The Morgan fingerprint density at radius 3 is 2.85 bits per heavy atom. The van der Waals surface area contributed by atoms with Gasteiger partial charge in [-0.2, -0.15) is 0 Å². The predicted octanol–water partition coefficient (Wildman–Crippen LogP) is 3.45. The number of amides is 1. The Kier molecular flexibility index (Phi) is 3.49. The second-order valence-corrected chi connectivity index (χ2v) is 5.85. The van der Waals surface area contributed by atoms with E-state index in [1.807, 2.05) is 12.1 Å². The van der Waals surface area contributed by atoms with Crippen LogP contribution in [0.3, 0.4) is 0 Å². The highest BCUT2D eigenvalue weighted by Gasteiger charge is 2.23. The number of rotatable bonds is 2. The Morgan fingerprint density at radius 2 is 2.05 bits per heavy atom. The van der Waals surface area contributed by atoms with E-state index in [2.05, 4.69) is 33.4 Å². The van der Waals surface area contributed by atoms with Crippen molar-refractivity contribution >= 4 is 27.5 Å². The SMILES string of the molecule is Nc1ccc(C(=O)NC2CCc3ccccc32)cc1Br. The van der Waals surface area contributed by atoms with Gasteiger partial charge in [-0.25, -0.2) is 0 Å². The van der Waals surface area contributed by atoms with Crippen molar-refractivity contribution in [2.75, 3.05) is 5.73 Å². The molecule has 0 fully saturated rings. The van der Waals surface area contributed by atoms with Gasteiger partial charge >= 0.3 is 0 Å². The van der Waals surface area contributed by atoms with Gasteiger partial charge in [-0.3, -0.25) is 4.79 Å². The van der Waals surface area contributed by atoms with Gasteiger partial charge in [0, 0.05) is 15.7 Å². The van der Waals surface area contributed by atoms with Crippen LogP contribution >= 0.6 is 15.9 Å². The number of hydrogen-bond donors (Lipinski definition) is 2. The highest BCUT2D eigenvalue weighted by molar-refractivity contribution is 9.10. The highest BCUT2D eigenvalue weighted by atomic mass is 79.9. The molecule has 3 N–H and O–H groups in total. The molecule has 0 spiro atoms. The van der Waals surface area contributed by atoms with Crippen molar-refractivity contribution in [1.82, 2.24) is 5.32 Å². The molecular weight excluding hydrogens is 316 g/mol. The molecule has 0 heterocycles. The normalized spacial score (nSPS) is 16.8. The lowest BCUT2D eigenvalue weighted by Gasteiger charge is -2.14. The molecule has 3 rings (SSSR count). The minimum absolute atomic E-state index is 0.0626. The summed E-state index contributed by atoms with van der Waals surface area (Å²) >= 11 is 3.35. The third-order valence-corrected chi connectivity index (χ3v) is 4.39. The van der Waals surface area contributed by atoms with Crippen LogP contribution in [0.25, 0.3) is 0 Å². The second kappa shape index (κ2) is 5.29. The van der Waals surface area contributed by atoms with Crippen LogP contribution in [-0.4, -0.2) is 5.91 Å². The summed E-state index contributed by atoms with van der Waals surface area (Å²) in [5.41, 5.74) is 9.55. The molecule has 1 aliphatic carbocycles. The first kappa shape index (κ1) is 13.2. The van der Waals surface area contributed by atoms with Gasteiger partial charge in [0.05, 0.1) is 6.04 Å². The summed E-state index contributed by atoms with van der Waals surface area (Å²) in [6.07, 6.45) is 1.98. The zero-order valence-electron chi connectivity index (χ0n) is 10.9. The molecule has 0 saturated carbocycles. The van der Waals surface area contributed by atoms with Crippen molar-refractivity contribution in [3.63, 3.8) is 0 Å². The van der Waals surface area contributed by atoms with Crippen LogP contribution in [0.1, 0.15) is 33.9 Å². The van der Waals surface area contributed by atoms with Gasteiger partial charge in [0.2, 0.25) is 0 Å². The molecule has 0 aliphatic heterocycles. The molecule has 1 amide bonds. The minimum Gasteiger partial charge on any atom is -0.398 e. The van der Waals surface area contributed by atoms with E-state index in [0.717, 1.165) is 17.3 Å². The maximum Gasteiger partial charge on any atom is 0.251 e. The third-order valence-electron chi connectivity index (χ3n) is 3.70. The van der Waals surface area contributed by atoms with Crippen LogP contribution in [0, 0.1) is 0 Å². The molecule has 4 heteroatoms. The number of carbonyl (C=O) groups excluding carboxylic acids is 1. The fraction of sp³-hybridized carbons (Fsp3) is 0.188. The highest BCUT2D eigenvalue weighted by Crippen LogP contribution is 2.31. The average Bonchev–Trinajstić information content (AvgIpc) is 2.85. The van der Waals surface area contributed by atoms with E-state index in [4.69, 9.17) is 5.73 Å². The number of fused-ring (bicyclic) bond motifs is 1. The summed E-state index contributed by atoms with van der Waals surface area (Å²) in [4.78, 5) is 12.3. The van der Waals surface area contributed by atoms with Gasteiger partial charge < -0.3 is 11.1 Å². The number of hydrogen-bond acceptors (Lipinski definition) is 2. The maximum absolute atomic E-state index is 12.3. The summed E-state index contributed by atoms with van der Waals surface area (Å²) in [6, 6.07) is 13.6. The number of aryl methyl sites for hydroxylation is 1. The second-order valence-electron chi connectivity index (χ2n) is 5.00. The Labute approximate surface area is 126 Å². The van der Waals surface area contributed by atoms with E-state index in [1.165, 1.54) is 11.1 Å². The zero-order valence-corrected chi connectivity index (χ0v) is 12.5. The van der Waals surface area contributed by atoms with Crippen LogP contribution < -0.4 is 11.1 Å². The van der Waals surface area contributed by atoms with E-state index < -0.39 is 0 Å². The van der Waals surface area contributed by atoms with Crippen LogP contribution in [-0.2, 0) is 6.42 Å². The molecule has 1 aliphatic rings. The molecule has 0 saturated heterocycles. The average molecular weight is 331 g/mol. The van der Waals surface area contributed by atoms with E-state index in [0.29, 0.717) is 11.3 Å². The van der Waals surface area contributed by atoms with E-state index in [-0.39, 0.29) is 11.9 Å². The van der Waals surface area contributed by atoms with E-state index >= 15 is 0 Å². The van der Waals surface area contributed by atoms with Crippen LogP contribution in [0.2, 0.25) is 0 Å². The summed E-state index contributed by atoms with van der Waals surface area (Å²) in [5.74, 6) is -0.0626. The maximum atomic E-state index is 12.3. The molecule has 1 atom stereocenters. The molecular formula is C16H15BrN2O. The van der Waals surface area contributed by atoms with E-state index in [9.17, 15) is 4.79 Å². The molecule has 3 nitrogen and oxygen atoms in total. The molecule has 20 heavy (non-hydrogen) atoms. The summed E-state index contributed by atoms with van der Waals surface area (Å²) in [6.45, 7) is 0. The lowest BCUT2D eigenvalue weighted by molar-refractivity contribution is 0.0936. The van der Waals surface area contributed by atoms with Crippen molar-refractivity contribution < 1.29 is 4.79 Å². The van der Waals surface area contributed by atoms with Crippen molar-refractivity contribution in [1.29, 1.82) is 0 Å². The fourth-order valence-corrected chi connectivity index (χ4v) is 3.00. The zero-order chi connectivity index (χ0) is 14.1. The first-order valence-corrected chi connectivity index (χ1v) is 7.38. The Bertz CT molecular complexity index is 669. The number of carbonyl (C=O) groups is 1. The molecule has 2 aromatic carbocycles. The predicted molar refractivity (Wildman–Crippen MR) is 83.5 cm³/mol. The van der Waals surface area contributed by atoms with Gasteiger partial charge in [0.15, 0.2) is 0 Å². The number of benzene rings is 2. The lowest BCUT2D eigenvalue weighted by atomic mass is 10.1. The van der Waals surface area contributed by atoms with Gasteiger partial charge in [0.1, 0.15) is 0 Å². The largest absolute Gasteiger partial charge is 0.398 e. The quantitative estimate of drug-likeness (QED) is 0.828. The van der Waals surface area contributed by atoms with E-state index in [1.54, 1.807) is 18.2 Å². The van der Waals surface area contributed by atoms with Crippen molar-refractivity contribution in [2.24, 2.45) is 0 Å². The third kappa shape index (κ3) is 2.43. The molecule has 102 valence electrons. The molecule has 1 unspecified atom stereocenters. The molecule has 0 bridgehead atoms. The van der Waals surface area contributed by atoms with Gasteiger partial charge in [-0.1, -0.05) is 24.3 Å². The summed E-state index contributed by atoms with van der Waals surface area (Å²) in [5, 5.41) is 3.10. The number of nitrogens with one attached hydrogen (secondary N) is 1. The Balaban J connectivity index is 1.79. The summed E-state index contributed by atoms with van der Waals surface area (Å²) < 4.78 is 0.747. The molecule has 0 radical (unpaired) electrons. The van der Waals surface area contributed by atoms with Crippen molar-refractivity contribution in [2.45, 2.75) is 18.9 Å². The van der Waals surface area contributed by atoms with Crippen LogP contribution in [0.15, 0.2) is 46.9 Å². The first-order chi connectivity index (χ1) is 9.65. The topological polar surface area (TPSA) is 55.1 Å². The smallest absolute Gasteiger partial charge is 0.251 e. The fourth-order valence-electron chi connectivity index (χ4n) is 2.62. The Hall–Kier alpha value is -1.81. The standard InChI is InChI=1S/C16H15BrN2O/c17-13-9-11(5-7-14(13)18)16(20)19-15-8-6-10-3-1-2-4-12(10)15/h1-5,7,9,15H,6,8,18H2,(H,19,20). The van der Waals surface area contributed by atoms with Crippen molar-refractivity contribution in [3.05, 3.63) is 63.6 Å². The monoisotopic (exact) mass is 330 g/mol. The number of anilines is 1. The minimum atomic E-state index is -0.0626. The lowest BCUT2D eigenvalue weighted by Crippen LogP contribution is -2.27. The van der Waals surface area contributed by atoms with Gasteiger partial charge in [-0.15, -0.1) is 0 Å². The first-order valence-electron chi connectivity index (χ1n) is 6.59. The van der Waals surface area contributed by atoms with Gasteiger partial charge in [-0.05, 0) is 58.1 Å². The van der Waals surface area contributed by atoms with Gasteiger partial charge in [0.25, 0.3) is 5.91 Å². The van der Waals surface area contributed by atoms with Crippen LogP contribution in [0.5, 0.6) is 0 Å². The number of halogens is 1. The van der Waals surface area contributed by atoms with Crippen LogP contribution in [0.4, 0.5) is 5.69 Å².